The Balaban J connectivity index is 2.02. The van der Waals surface area contributed by atoms with E-state index in [4.69, 9.17) is 0 Å². The minimum atomic E-state index is -3.60. The number of carbonyl (C=O) groups excluding carboxylic acids is 2. The number of hydrogen-bond acceptors (Lipinski definition) is 4. The number of nitrogens with one attached hydrogen (secondary N) is 1. The molecule has 1 N–H and O–H groups in total. The average Bonchev–Trinajstić information content (AvgIpc) is 2.82. The second kappa shape index (κ2) is 12.4. The zero-order valence-corrected chi connectivity index (χ0v) is 19.8. The quantitative estimate of drug-likeness (QED) is 0.529. The van der Waals surface area contributed by atoms with Crippen molar-refractivity contribution in [2.75, 3.05) is 27.2 Å². The molecule has 7 nitrogen and oxygen atoms in total. The lowest BCUT2D eigenvalue weighted by Crippen LogP contribution is -2.49. The third kappa shape index (κ3) is 6.90. The highest BCUT2D eigenvalue weighted by Crippen LogP contribution is 2.15. The molecule has 0 fully saturated rings. The number of carbonyl (C=O) groups is 2. The van der Waals surface area contributed by atoms with Crippen LogP contribution in [-0.2, 0) is 26.0 Å². The number of amides is 2. The molecule has 174 valence electrons. The molecule has 0 spiro atoms. The number of rotatable bonds is 12. The summed E-state index contributed by atoms with van der Waals surface area (Å²) in [4.78, 5) is 27.3. The van der Waals surface area contributed by atoms with Gasteiger partial charge in [-0.25, -0.2) is 12.7 Å². The molecule has 0 aliphatic carbocycles. The lowest BCUT2D eigenvalue weighted by molar-refractivity contribution is -0.140. The van der Waals surface area contributed by atoms with Crippen molar-refractivity contribution in [2.24, 2.45) is 0 Å². The molecule has 0 heterocycles. The van der Waals surface area contributed by atoms with Gasteiger partial charge in [-0.15, -0.1) is 0 Å². The van der Waals surface area contributed by atoms with Crippen LogP contribution >= 0.6 is 0 Å². The molecule has 32 heavy (non-hydrogen) atoms. The van der Waals surface area contributed by atoms with Crippen molar-refractivity contribution in [1.29, 1.82) is 0 Å². The van der Waals surface area contributed by atoms with E-state index in [1.54, 1.807) is 42.3 Å². The Kier molecular flexibility index (Phi) is 9.87. The summed E-state index contributed by atoms with van der Waals surface area (Å²) < 4.78 is 26.6. The van der Waals surface area contributed by atoms with Gasteiger partial charge >= 0.3 is 0 Å². The molecule has 0 saturated carbocycles. The Morgan fingerprint density at radius 2 is 1.56 bits per heavy atom. The summed E-state index contributed by atoms with van der Waals surface area (Å²) in [6.07, 6.45) is 1.68. The molecule has 0 aliphatic rings. The molecular formula is C24H33N3O4S. The SMILES string of the molecule is CC[C@H](C(=O)NC)N(CCc1ccccc1)C(=O)CCCN(C)S(=O)(=O)c1ccccc1. The van der Waals surface area contributed by atoms with Crippen LogP contribution in [-0.4, -0.2) is 62.7 Å². The average molecular weight is 460 g/mol. The number of benzene rings is 2. The highest BCUT2D eigenvalue weighted by Gasteiger charge is 2.28. The topological polar surface area (TPSA) is 86.8 Å². The minimum absolute atomic E-state index is 0.151. The van der Waals surface area contributed by atoms with Crippen LogP contribution in [0.4, 0.5) is 0 Å². The predicted octanol–water partition coefficient (Wildman–Crippen LogP) is 2.68. The van der Waals surface area contributed by atoms with Crippen molar-refractivity contribution >= 4 is 21.8 Å². The molecular weight excluding hydrogens is 426 g/mol. The number of likely N-dealkylation sites (N-methyl/N-ethyl adjacent to an activating group) is 1. The zero-order valence-electron chi connectivity index (χ0n) is 19.0. The van der Waals surface area contributed by atoms with Gasteiger partial charge in [0.15, 0.2) is 0 Å². The smallest absolute Gasteiger partial charge is 0.242 e. The molecule has 0 saturated heterocycles. The number of sulfonamides is 1. The van der Waals surface area contributed by atoms with E-state index in [2.05, 4.69) is 5.32 Å². The van der Waals surface area contributed by atoms with Crippen molar-refractivity contribution in [3.05, 3.63) is 66.2 Å². The van der Waals surface area contributed by atoms with Crippen LogP contribution < -0.4 is 5.32 Å². The Morgan fingerprint density at radius 1 is 0.969 bits per heavy atom. The third-order valence-corrected chi connectivity index (χ3v) is 7.30. The Hall–Kier alpha value is -2.71. The van der Waals surface area contributed by atoms with Gasteiger partial charge in [0.2, 0.25) is 21.8 Å². The third-order valence-electron chi connectivity index (χ3n) is 5.43. The van der Waals surface area contributed by atoms with Gasteiger partial charge in [0.25, 0.3) is 0 Å². The van der Waals surface area contributed by atoms with Crippen LogP contribution in [0.25, 0.3) is 0 Å². The first kappa shape index (κ1) is 25.5. The standard InChI is InChI=1S/C24H33N3O4S/c1-4-22(24(29)25-2)27(19-17-20-12-7-5-8-13-20)23(28)16-11-18-26(3)32(30,31)21-14-9-6-10-15-21/h5-10,12-15,22H,4,11,16-19H2,1-3H3,(H,25,29)/t22-/m1/s1. The first-order valence-corrected chi connectivity index (χ1v) is 12.3. The van der Waals surface area contributed by atoms with E-state index in [1.807, 2.05) is 37.3 Å². The van der Waals surface area contributed by atoms with Gasteiger partial charge in [-0.2, -0.15) is 0 Å². The van der Waals surface area contributed by atoms with Gasteiger partial charge in [0.1, 0.15) is 6.04 Å². The molecule has 0 radical (unpaired) electrons. The molecule has 0 aliphatic heterocycles. The molecule has 2 aromatic carbocycles. The van der Waals surface area contributed by atoms with Crippen molar-refractivity contribution in [2.45, 2.75) is 43.5 Å². The molecule has 2 amide bonds. The summed E-state index contributed by atoms with van der Waals surface area (Å²) >= 11 is 0. The molecule has 0 unspecified atom stereocenters. The first-order valence-electron chi connectivity index (χ1n) is 10.9. The number of hydrogen-bond donors (Lipinski definition) is 1. The molecule has 0 bridgehead atoms. The monoisotopic (exact) mass is 459 g/mol. The van der Waals surface area contributed by atoms with Crippen molar-refractivity contribution in [3.8, 4) is 0 Å². The summed E-state index contributed by atoms with van der Waals surface area (Å²) in [7, 11) is -0.521. The van der Waals surface area contributed by atoms with Gasteiger partial charge in [0.05, 0.1) is 4.90 Å². The summed E-state index contributed by atoms with van der Waals surface area (Å²) in [5.41, 5.74) is 1.09. The molecule has 8 heteroatoms. The maximum absolute atomic E-state index is 13.1. The van der Waals surface area contributed by atoms with Gasteiger partial charge in [0, 0.05) is 33.6 Å². The fourth-order valence-corrected chi connectivity index (χ4v) is 4.78. The van der Waals surface area contributed by atoms with Gasteiger partial charge in [-0.05, 0) is 37.0 Å². The van der Waals surface area contributed by atoms with Crippen molar-refractivity contribution in [3.63, 3.8) is 0 Å². The largest absolute Gasteiger partial charge is 0.357 e. The van der Waals surface area contributed by atoms with Crippen molar-refractivity contribution < 1.29 is 18.0 Å². The highest BCUT2D eigenvalue weighted by molar-refractivity contribution is 7.89. The zero-order chi connectivity index (χ0) is 23.6. The maximum Gasteiger partial charge on any atom is 0.242 e. The van der Waals surface area contributed by atoms with Gasteiger partial charge in [-0.1, -0.05) is 55.5 Å². The van der Waals surface area contributed by atoms with E-state index in [-0.39, 0.29) is 29.7 Å². The van der Waals surface area contributed by atoms with Crippen molar-refractivity contribution in [1.82, 2.24) is 14.5 Å². The van der Waals surface area contributed by atoms with Crippen LogP contribution in [0.2, 0.25) is 0 Å². The Morgan fingerprint density at radius 3 is 2.12 bits per heavy atom. The van der Waals surface area contributed by atoms with E-state index in [9.17, 15) is 18.0 Å². The van der Waals surface area contributed by atoms with Gasteiger partial charge in [-0.3, -0.25) is 9.59 Å². The van der Waals surface area contributed by atoms with E-state index >= 15 is 0 Å². The number of nitrogens with zero attached hydrogens (tertiary/aromatic N) is 2. The van der Waals surface area contributed by atoms with E-state index in [0.29, 0.717) is 25.8 Å². The fraction of sp³-hybridized carbons (Fsp3) is 0.417. The minimum Gasteiger partial charge on any atom is -0.357 e. The van der Waals surface area contributed by atoms with Gasteiger partial charge < -0.3 is 10.2 Å². The Bertz CT molecular complexity index is 965. The van der Waals surface area contributed by atoms with Crippen LogP contribution in [0, 0.1) is 0 Å². The molecule has 2 aromatic rings. The molecule has 1 atom stereocenters. The summed E-state index contributed by atoms with van der Waals surface area (Å²) in [6.45, 7) is 2.52. The molecule has 2 rings (SSSR count). The van der Waals surface area contributed by atoms with Crippen LogP contribution in [0.3, 0.4) is 0 Å². The lowest BCUT2D eigenvalue weighted by atomic mass is 10.1. The second-order valence-electron chi connectivity index (χ2n) is 7.60. The van der Waals surface area contributed by atoms with E-state index in [0.717, 1.165) is 5.56 Å². The normalized spacial score (nSPS) is 12.4. The van der Waals surface area contributed by atoms with Crippen LogP contribution in [0.15, 0.2) is 65.6 Å². The molecule has 0 aromatic heterocycles. The predicted molar refractivity (Wildman–Crippen MR) is 125 cm³/mol. The maximum atomic E-state index is 13.1. The fourth-order valence-electron chi connectivity index (χ4n) is 3.55. The summed E-state index contributed by atoms with van der Waals surface area (Å²) in [6, 6.07) is 17.5. The first-order chi connectivity index (χ1) is 15.3. The van der Waals surface area contributed by atoms with E-state index in [1.165, 1.54) is 11.4 Å². The Labute approximate surface area is 191 Å². The summed E-state index contributed by atoms with van der Waals surface area (Å²) in [5.74, 6) is -0.348. The van der Waals surface area contributed by atoms with Crippen LogP contribution in [0.1, 0.15) is 31.7 Å². The lowest BCUT2D eigenvalue weighted by Gasteiger charge is -2.30. The summed E-state index contributed by atoms with van der Waals surface area (Å²) in [5, 5.41) is 2.64. The van der Waals surface area contributed by atoms with E-state index < -0.39 is 16.1 Å². The van der Waals surface area contributed by atoms with Crippen LogP contribution in [0.5, 0.6) is 0 Å². The highest BCUT2D eigenvalue weighted by atomic mass is 32.2. The second-order valence-corrected chi connectivity index (χ2v) is 9.65.